The molecule has 2 aromatic carbocycles. The third-order valence-corrected chi connectivity index (χ3v) is 7.92. The smallest absolute Gasteiger partial charge is 0.258 e. The Hall–Kier alpha value is -3.26. The summed E-state index contributed by atoms with van der Waals surface area (Å²) >= 11 is 0. The first-order chi connectivity index (χ1) is 17.6. The van der Waals surface area contributed by atoms with Crippen molar-refractivity contribution < 1.29 is 14.6 Å². The summed E-state index contributed by atoms with van der Waals surface area (Å²) in [6.07, 6.45) is 8.62. The Morgan fingerprint density at radius 1 is 1.06 bits per heavy atom. The molecule has 8 nitrogen and oxygen atoms in total. The molecule has 3 N–H and O–H groups in total. The number of piperidine rings is 1. The third kappa shape index (κ3) is 4.74. The van der Waals surface area contributed by atoms with Crippen LogP contribution in [0.15, 0.2) is 30.3 Å². The molecule has 190 valence electrons. The van der Waals surface area contributed by atoms with Crippen molar-refractivity contribution in [2.24, 2.45) is 0 Å². The molecule has 0 unspecified atom stereocenters. The zero-order chi connectivity index (χ0) is 24.5. The number of nitrogens with one attached hydrogen (secondary N) is 2. The van der Waals surface area contributed by atoms with Crippen LogP contribution in [0.2, 0.25) is 0 Å². The molecule has 3 heterocycles. The van der Waals surface area contributed by atoms with Crippen LogP contribution in [0.3, 0.4) is 0 Å². The number of phenolic OH excluding ortho intramolecular Hbond substituents is 1. The second kappa shape index (κ2) is 10.0. The highest BCUT2D eigenvalue weighted by molar-refractivity contribution is 6.03. The van der Waals surface area contributed by atoms with Crippen molar-refractivity contribution in [2.45, 2.75) is 64.1 Å². The summed E-state index contributed by atoms with van der Waals surface area (Å²) in [6.45, 7) is 5.00. The number of rotatable bonds is 7. The summed E-state index contributed by atoms with van der Waals surface area (Å²) < 4.78 is 6.04. The van der Waals surface area contributed by atoms with Crippen molar-refractivity contribution in [3.63, 3.8) is 0 Å². The molecule has 1 aliphatic carbocycles. The van der Waals surface area contributed by atoms with E-state index in [0.29, 0.717) is 31.3 Å². The fourth-order valence-corrected chi connectivity index (χ4v) is 5.85. The van der Waals surface area contributed by atoms with E-state index in [0.717, 1.165) is 53.0 Å². The lowest BCUT2D eigenvalue weighted by atomic mass is 10.1. The van der Waals surface area contributed by atoms with E-state index in [1.54, 1.807) is 17.0 Å². The maximum atomic E-state index is 13.5. The summed E-state index contributed by atoms with van der Waals surface area (Å²) in [7, 11) is 0. The predicted octanol–water partition coefficient (Wildman–Crippen LogP) is 4.64. The molecule has 8 heteroatoms. The van der Waals surface area contributed by atoms with Crippen LogP contribution < -0.4 is 10.1 Å². The molecule has 1 aromatic heterocycles. The standard InChI is InChI=1S/C28H35N5O3/c34-26-16-25-23(27(31-30-25)29-21-6-2-3-7-21)15-24(26)28(35)33-17-19-8-9-22(14-20(19)18-33)36-13-12-32-10-4-1-5-11-32/h8-9,14-16,21,34H,1-7,10-13,17-18H2,(H2,29,30,31). The van der Waals surface area contributed by atoms with Crippen molar-refractivity contribution in [1.29, 1.82) is 0 Å². The first-order valence-electron chi connectivity index (χ1n) is 13.4. The van der Waals surface area contributed by atoms with Gasteiger partial charge in [-0.15, -0.1) is 0 Å². The summed E-state index contributed by atoms with van der Waals surface area (Å²) in [4.78, 5) is 17.7. The molecular formula is C28H35N5O3. The Kier molecular flexibility index (Phi) is 6.44. The number of hydrogen-bond donors (Lipinski definition) is 3. The molecule has 1 saturated heterocycles. The van der Waals surface area contributed by atoms with E-state index in [1.807, 2.05) is 6.07 Å². The zero-order valence-electron chi connectivity index (χ0n) is 20.8. The topological polar surface area (TPSA) is 93.7 Å². The monoisotopic (exact) mass is 489 g/mol. The molecule has 36 heavy (non-hydrogen) atoms. The number of nitrogens with zero attached hydrogens (tertiary/aromatic N) is 3. The summed E-state index contributed by atoms with van der Waals surface area (Å²) in [5, 5.41) is 22.4. The lowest BCUT2D eigenvalue weighted by molar-refractivity contribution is 0.0748. The summed E-state index contributed by atoms with van der Waals surface area (Å²) in [6, 6.07) is 9.90. The first-order valence-corrected chi connectivity index (χ1v) is 13.4. The fraction of sp³-hybridized carbons (Fsp3) is 0.500. The maximum absolute atomic E-state index is 13.5. The molecule has 0 spiro atoms. The van der Waals surface area contributed by atoms with Gasteiger partial charge in [0, 0.05) is 37.1 Å². The second-order valence-corrected chi connectivity index (χ2v) is 10.5. The van der Waals surface area contributed by atoms with Crippen LogP contribution in [-0.2, 0) is 13.1 Å². The molecule has 0 atom stereocenters. The van der Waals surface area contributed by atoms with Crippen LogP contribution in [-0.4, -0.2) is 63.3 Å². The van der Waals surface area contributed by atoms with Gasteiger partial charge in [0.1, 0.15) is 18.1 Å². The largest absolute Gasteiger partial charge is 0.507 e. The van der Waals surface area contributed by atoms with E-state index in [2.05, 4.69) is 32.5 Å². The summed E-state index contributed by atoms with van der Waals surface area (Å²) in [5.74, 6) is 1.40. The van der Waals surface area contributed by atoms with E-state index in [4.69, 9.17) is 4.74 Å². The minimum absolute atomic E-state index is 0.0266. The van der Waals surface area contributed by atoms with Gasteiger partial charge in [0.2, 0.25) is 0 Å². The number of likely N-dealkylation sites (tertiary alicyclic amines) is 1. The van der Waals surface area contributed by atoms with E-state index in [-0.39, 0.29) is 11.7 Å². The normalized spacial score (nSPS) is 18.6. The van der Waals surface area contributed by atoms with Crippen LogP contribution in [0.25, 0.3) is 10.9 Å². The number of fused-ring (bicyclic) bond motifs is 2. The van der Waals surface area contributed by atoms with Crippen molar-refractivity contribution >= 4 is 22.6 Å². The van der Waals surface area contributed by atoms with E-state index in [9.17, 15) is 9.90 Å². The van der Waals surface area contributed by atoms with Gasteiger partial charge in [-0.1, -0.05) is 25.3 Å². The van der Waals surface area contributed by atoms with Gasteiger partial charge in [-0.25, -0.2) is 0 Å². The van der Waals surface area contributed by atoms with Crippen LogP contribution in [0.5, 0.6) is 11.5 Å². The third-order valence-electron chi connectivity index (χ3n) is 7.92. The van der Waals surface area contributed by atoms with Gasteiger partial charge >= 0.3 is 0 Å². The minimum Gasteiger partial charge on any atom is -0.507 e. The summed E-state index contributed by atoms with van der Waals surface area (Å²) in [5.41, 5.74) is 3.26. The van der Waals surface area contributed by atoms with E-state index < -0.39 is 0 Å². The van der Waals surface area contributed by atoms with Gasteiger partial charge in [0.15, 0.2) is 5.82 Å². The van der Waals surface area contributed by atoms with Crippen molar-refractivity contribution in [1.82, 2.24) is 20.0 Å². The molecule has 2 aliphatic heterocycles. The highest BCUT2D eigenvalue weighted by atomic mass is 16.5. The highest BCUT2D eigenvalue weighted by Crippen LogP contribution is 2.33. The number of amides is 1. The minimum atomic E-state index is -0.175. The van der Waals surface area contributed by atoms with E-state index >= 15 is 0 Å². The molecule has 0 bridgehead atoms. The number of aromatic amines is 1. The maximum Gasteiger partial charge on any atom is 0.258 e. The van der Waals surface area contributed by atoms with Gasteiger partial charge in [0.05, 0.1) is 11.1 Å². The number of anilines is 1. The first kappa shape index (κ1) is 23.2. The Morgan fingerprint density at radius 3 is 2.69 bits per heavy atom. The predicted molar refractivity (Wildman–Crippen MR) is 139 cm³/mol. The Balaban J connectivity index is 1.13. The molecule has 1 amide bonds. The lowest BCUT2D eigenvalue weighted by Gasteiger charge is -2.26. The molecule has 3 aliphatic rings. The highest BCUT2D eigenvalue weighted by Gasteiger charge is 2.27. The molecular weight excluding hydrogens is 454 g/mol. The van der Waals surface area contributed by atoms with Crippen molar-refractivity contribution in [3.05, 3.63) is 47.0 Å². The molecule has 3 aromatic rings. The number of aromatic hydroxyl groups is 1. The number of hydrogen-bond acceptors (Lipinski definition) is 6. The van der Waals surface area contributed by atoms with Crippen molar-refractivity contribution in [3.8, 4) is 11.5 Å². The van der Waals surface area contributed by atoms with Gasteiger partial charge < -0.3 is 20.1 Å². The number of benzene rings is 2. The lowest BCUT2D eigenvalue weighted by Crippen LogP contribution is -2.33. The van der Waals surface area contributed by atoms with Crippen LogP contribution in [0, 0.1) is 0 Å². The zero-order valence-corrected chi connectivity index (χ0v) is 20.8. The van der Waals surface area contributed by atoms with Gasteiger partial charge in [0.25, 0.3) is 5.91 Å². The van der Waals surface area contributed by atoms with Gasteiger partial charge in [-0.2, -0.15) is 5.10 Å². The van der Waals surface area contributed by atoms with E-state index in [1.165, 1.54) is 45.2 Å². The number of carbonyl (C=O) groups excluding carboxylic acids is 1. The Labute approximate surface area is 211 Å². The molecule has 0 radical (unpaired) electrons. The molecule has 1 saturated carbocycles. The SMILES string of the molecule is O=C(c1cc2c(NC3CCCC3)n[nH]c2cc1O)N1Cc2ccc(OCCN3CCCCC3)cc2C1. The Morgan fingerprint density at radius 2 is 1.86 bits per heavy atom. The van der Waals surface area contributed by atoms with Crippen molar-refractivity contribution in [2.75, 3.05) is 31.6 Å². The van der Waals surface area contributed by atoms with Gasteiger partial charge in [-0.05, 0) is 68.1 Å². The number of H-pyrrole nitrogens is 1. The van der Waals surface area contributed by atoms with Crippen LogP contribution in [0.1, 0.15) is 66.4 Å². The number of aromatic nitrogens is 2. The quantitative estimate of drug-likeness (QED) is 0.448. The number of carbonyl (C=O) groups is 1. The Bertz CT molecular complexity index is 1240. The van der Waals surface area contributed by atoms with Gasteiger partial charge in [-0.3, -0.25) is 14.8 Å². The number of phenols is 1. The van der Waals surface area contributed by atoms with Crippen LogP contribution >= 0.6 is 0 Å². The average molecular weight is 490 g/mol. The fourth-order valence-electron chi connectivity index (χ4n) is 5.85. The average Bonchev–Trinajstić information content (AvgIpc) is 3.64. The molecule has 6 rings (SSSR count). The molecule has 2 fully saturated rings. The van der Waals surface area contributed by atoms with Crippen LogP contribution in [0.4, 0.5) is 5.82 Å². The second-order valence-electron chi connectivity index (χ2n) is 10.5. The number of ether oxygens (including phenoxy) is 1.